The standard InChI is InChI=1S/C24H27ClN4O2.CH3I/c1-28(2)14-4-13-26-24(30)22-21-11-5-16-15-19(31-3)10-12-20(16)23(21)29(27-22)18-8-6-17(25)7-9-18;1-2/h6-10,12,15H,4-5,11,13-14H2,1-3H3,(H,26,30);1H3. The topological polar surface area (TPSA) is 59.4 Å². The summed E-state index contributed by atoms with van der Waals surface area (Å²) in [5.74, 6) is 0.707. The summed E-state index contributed by atoms with van der Waals surface area (Å²) in [7, 11) is 5.73. The van der Waals surface area contributed by atoms with E-state index in [1.807, 2.05) is 54.0 Å². The van der Waals surface area contributed by atoms with Crippen LogP contribution < -0.4 is 10.1 Å². The van der Waals surface area contributed by atoms with Crippen molar-refractivity contribution in [1.29, 1.82) is 0 Å². The van der Waals surface area contributed by atoms with E-state index in [1.54, 1.807) is 7.11 Å². The van der Waals surface area contributed by atoms with Crippen molar-refractivity contribution in [2.75, 3.05) is 39.2 Å². The zero-order valence-electron chi connectivity index (χ0n) is 19.5. The predicted molar refractivity (Wildman–Crippen MR) is 143 cm³/mol. The molecular weight excluding hydrogens is 551 g/mol. The van der Waals surface area contributed by atoms with Crippen LogP contribution in [-0.4, -0.2) is 59.8 Å². The average Bonchev–Trinajstić information content (AvgIpc) is 3.23. The Balaban J connectivity index is 0.00000149. The van der Waals surface area contributed by atoms with Crippen LogP contribution in [0.15, 0.2) is 42.5 Å². The highest BCUT2D eigenvalue weighted by molar-refractivity contribution is 14.1. The molecule has 8 heteroatoms. The first-order valence-corrected chi connectivity index (χ1v) is 13.4. The van der Waals surface area contributed by atoms with E-state index in [4.69, 9.17) is 21.4 Å². The molecule has 0 atom stereocenters. The third kappa shape index (κ3) is 5.88. The van der Waals surface area contributed by atoms with Crippen molar-refractivity contribution in [3.05, 3.63) is 64.3 Å². The van der Waals surface area contributed by atoms with E-state index in [-0.39, 0.29) is 5.91 Å². The Labute approximate surface area is 214 Å². The van der Waals surface area contributed by atoms with E-state index in [0.717, 1.165) is 54.1 Å². The number of nitrogens with zero attached hydrogens (tertiary/aromatic N) is 3. The Morgan fingerprint density at radius 2 is 1.91 bits per heavy atom. The molecule has 33 heavy (non-hydrogen) atoms. The minimum Gasteiger partial charge on any atom is -0.497 e. The van der Waals surface area contributed by atoms with Gasteiger partial charge in [0, 0.05) is 22.7 Å². The number of alkyl halides is 1. The monoisotopic (exact) mass is 580 g/mol. The van der Waals surface area contributed by atoms with E-state index in [0.29, 0.717) is 17.3 Å². The summed E-state index contributed by atoms with van der Waals surface area (Å²) >= 11 is 8.24. The van der Waals surface area contributed by atoms with Gasteiger partial charge >= 0.3 is 0 Å². The minimum atomic E-state index is -0.125. The summed E-state index contributed by atoms with van der Waals surface area (Å²) < 4.78 is 7.27. The highest BCUT2D eigenvalue weighted by Crippen LogP contribution is 2.38. The molecule has 6 nitrogen and oxygen atoms in total. The van der Waals surface area contributed by atoms with Gasteiger partial charge in [-0.25, -0.2) is 4.68 Å². The number of carbonyl (C=O) groups is 1. The molecule has 0 bridgehead atoms. The molecule has 176 valence electrons. The molecule has 0 radical (unpaired) electrons. The SMILES string of the molecule is CI.COc1ccc2c(c1)CCc1c(C(=O)NCCCN(C)C)nn(-c3ccc(Cl)cc3)c1-2. The zero-order chi connectivity index (χ0) is 24.0. The Kier molecular flexibility index (Phi) is 9.17. The molecule has 1 N–H and O–H groups in total. The van der Waals surface area contributed by atoms with Gasteiger partial charge in [-0.3, -0.25) is 4.79 Å². The third-order valence-corrected chi connectivity index (χ3v) is 5.80. The van der Waals surface area contributed by atoms with Gasteiger partial charge in [0.25, 0.3) is 5.91 Å². The van der Waals surface area contributed by atoms with Gasteiger partial charge in [0.15, 0.2) is 5.69 Å². The van der Waals surface area contributed by atoms with Crippen LogP contribution in [0.2, 0.25) is 5.02 Å². The van der Waals surface area contributed by atoms with Crippen LogP contribution in [0.1, 0.15) is 28.0 Å². The summed E-state index contributed by atoms with van der Waals surface area (Å²) in [4.78, 5) is 17.1. The number of aromatic nitrogens is 2. The second-order valence-corrected chi connectivity index (χ2v) is 8.44. The minimum absolute atomic E-state index is 0.125. The van der Waals surface area contributed by atoms with Gasteiger partial charge in [0.1, 0.15) is 5.75 Å². The van der Waals surface area contributed by atoms with Crippen LogP contribution in [0.25, 0.3) is 16.9 Å². The fourth-order valence-electron chi connectivity index (χ4n) is 3.99. The highest BCUT2D eigenvalue weighted by Gasteiger charge is 2.29. The van der Waals surface area contributed by atoms with Crippen molar-refractivity contribution in [1.82, 2.24) is 20.0 Å². The molecule has 1 aliphatic carbocycles. The number of fused-ring (bicyclic) bond motifs is 3. The Morgan fingerprint density at radius 3 is 2.58 bits per heavy atom. The lowest BCUT2D eigenvalue weighted by Crippen LogP contribution is -2.28. The highest BCUT2D eigenvalue weighted by atomic mass is 127. The van der Waals surface area contributed by atoms with Crippen molar-refractivity contribution in [3.8, 4) is 22.7 Å². The van der Waals surface area contributed by atoms with Crippen LogP contribution in [0.5, 0.6) is 5.75 Å². The first-order chi connectivity index (χ1) is 16.0. The number of methoxy groups -OCH3 is 1. The van der Waals surface area contributed by atoms with Gasteiger partial charge in [-0.1, -0.05) is 34.2 Å². The average molecular weight is 581 g/mol. The number of ether oxygens (including phenoxy) is 1. The molecule has 4 rings (SSSR count). The third-order valence-electron chi connectivity index (χ3n) is 5.55. The molecule has 0 spiro atoms. The molecule has 0 fully saturated rings. The number of hydrogen-bond acceptors (Lipinski definition) is 4. The quantitative estimate of drug-likeness (QED) is 0.242. The largest absolute Gasteiger partial charge is 0.497 e. The summed E-state index contributed by atoms with van der Waals surface area (Å²) in [6.45, 7) is 1.54. The van der Waals surface area contributed by atoms with E-state index in [2.05, 4.69) is 44.9 Å². The summed E-state index contributed by atoms with van der Waals surface area (Å²) in [6, 6.07) is 13.6. The van der Waals surface area contributed by atoms with Crippen molar-refractivity contribution in [2.45, 2.75) is 19.3 Å². The number of halogens is 2. The lowest BCUT2D eigenvalue weighted by atomic mass is 9.88. The fourth-order valence-corrected chi connectivity index (χ4v) is 4.12. The predicted octanol–water partition coefficient (Wildman–Crippen LogP) is 5.03. The summed E-state index contributed by atoms with van der Waals surface area (Å²) in [5, 5.41) is 8.47. The molecule has 1 aliphatic rings. The smallest absolute Gasteiger partial charge is 0.272 e. The lowest BCUT2D eigenvalue weighted by Gasteiger charge is -2.19. The maximum Gasteiger partial charge on any atom is 0.272 e. The molecule has 0 aliphatic heterocycles. The van der Waals surface area contributed by atoms with Gasteiger partial charge in [-0.05, 0) is 92.9 Å². The molecule has 0 unspecified atom stereocenters. The van der Waals surface area contributed by atoms with Crippen molar-refractivity contribution >= 4 is 40.1 Å². The maximum absolute atomic E-state index is 13.0. The number of amides is 1. The van der Waals surface area contributed by atoms with Gasteiger partial charge in [0.05, 0.1) is 18.5 Å². The van der Waals surface area contributed by atoms with Crippen LogP contribution in [0.3, 0.4) is 0 Å². The van der Waals surface area contributed by atoms with Crippen LogP contribution >= 0.6 is 34.2 Å². The van der Waals surface area contributed by atoms with Crippen molar-refractivity contribution < 1.29 is 9.53 Å². The molecule has 3 aromatic rings. The number of nitrogens with one attached hydrogen (secondary N) is 1. The molecule has 2 aromatic carbocycles. The van der Waals surface area contributed by atoms with E-state index in [1.165, 1.54) is 5.56 Å². The second kappa shape index (κ2) is 11.9. The van der Waals surface area contributed by atoms with E-state index < -0.39 is 0 Å². The summed E-state index contributed by atoms with van der Waals surface area (Å²) in [6.07, 6.45) is 2.48. The van der Waals surface area contributed by atoms with Crippen LogP contribution in [0.4, 0.5) is 0 Å². The molecule has 0 saturated carbocycles. The summed E-state index contributed by atoms with van der Waals surface area (Å²) in [5.41, 5.74) is 5.59. The van der Waals surface area contributed by atoms with E-state index >= 15 is 0 Å². The van der Waals surface area contributed by atoms with Crippen molar-refractivity contribution in [3.63, 3.8) is 0 Å². The fraction of sp³-hybridized carbons (Fsp3) is 0.360. The zero-order valence-corrected chi connectivity index (χ0v) is 22.4. The maximum atomic E-state index is 13.0. The number of carbonyl (C=O) groups excluding carboxylic acids is 1. The molecular formula is C25H30ClIN4O2. The van der Waals surface area contributed by atoms with Crippen LogP contribution in [0, 0.1) is 0 Å². The number of aryl methyl sites for hydroxylation is 1. The number of benzene rings is 2. The first-order valence-electron chi connectivity index (χ1n) is 10.8. The van der Waals surface area contributed by atoms with Gasteiger partial charge in [-0.2, -0.15) is 5.10 Å². The normalized spacial score (nSPS) is 11.8. The molecule has 1 aromatic heterocycles. The van der Waals surface area contributed by atoms with Gasteiger partial charge < -0.3 is 15.0 Å². The molecule has 1 amide bonds. The number of hydrogen-bond donors (Lipinski definition) is 1. The van der Waals surface area contributed by atoms with Gasteiger partial charge in [-0.15, -0.1) is 0 Å². The Morgan fingerprint density at radius 1 is 1.18 bits per heavy atom. The van der Waals surface area contributed by atoms with E-state index in [9.17, 15) is 4.79 Å². The first kappa shape index (κ1) is 25.5. The lowest BCUT2D eigenvalue weighted by molar-refractivity contribution is 0.0946. The Hall–Kier alpha value is -2.10. The van der Waals surface area contributed by atoms with Crippen LogP contribution in [-0.2, 0) is 12.8 Å². The van der Waals surface area contributed by atoms with Crippen molar-refractivity contribution in [2.24, 2.45) is 0 Å². The molecule has 0 saturated heterocycles. The van der Waals surface area contributed by atoms with Gasteiger partial charge in [0.2, 0.25) is 0 Å². The molecule has 1 heterocycles. The Bertz CT molecular complexity index is 1100. The second-order valence-electron chi connectivity index (χ2n) is 8.00. The number of rotatable bonds is 7.